The van der Waals surface area contributed by atoms with Crippen molar-refractivity contribution in [3.63, 3.8) is 0 Å². The minimum absolute atomic E-state index is 0.0534. The molecule has 0 saturated carbocycles. The van der Waals surface area contributed by atoms with Gasteiger partial charge >= 0.3 is 0 Å². The van der Waals surface area contributed by atoms with Crippen LogP contribution in [0.2, 0.25) is 0 Å². The number of alkyl halides is 2. The third kappa shape index (κ3) is 4.11. The summed E-state index contributed by atoms with van der Waals surface area (Å²) in [7, 11) is 1.33. The van der Waals surface area contributed by atoms with Crippen LogP contribution in [-0.4, -0.2) is 47.3 Å². The highest BCUT2D eigenvalue weighted by Gasteiger charge is 2.21. The minimum atomic E-state index is -2.57. The molecule has 1 aromatic heterocycles. The number of halogens is 2. The first-order chi connectivity index (χ1) is 9.36. The maximum atomic E-state index is 12.4. The first-order valence-electron chi connectivity index (χ1n) is 6.51. The highest BCUT2D eigenvalue weighted by Crippen LogP contribution is 2.18. The zero-order valence-corrected chi connectivity index (χ0v) is 12.2. The maximum absolute atomic E-state index is 12.4. The topological polar surface area (TPSA) is 58.1 Å². The van der Waals surface area contributed by atoms with Gasteiger partial charge in [-0.15, -0.1) is 0 Å². The van der Waals surface area contributed by atoms with Crippen molar-refractivity contribution in [2.24, 2.45) is 0 Å². The molecule has 7 heteroatoms. The third-order valence-electron chi connectivity index (χ3n) is 2.65. The van der Waals surface area contributed by atoms with Gasteiger partial charge in [0.05, 0.1) is 18.4 Å². The van der Waals surface area contributed by atoms with E-state index in [4.69, 9.17) is 0 Å². The van der Waals surface area contributed by atoms with Gasteiger partial charge in [0.2, 0.25) is 0 Å². The van der Waals surface area contributed by atoms with E-state index in [-0.39, 0.29) is 11.6 Å². The van der Waals surface area contributed by atoms with Crippen LogP contribution in [0.25, 0.3) is 0 Å². The summed E-state index contributed by atoms with van der Waals surface area (Å²) in [6, 6.07) is 0. The molecule has 0 saturated heterocycles. The van der Waals surface area contributed by atoms with Crippen LogP contribution in [0.4, 0.5) is 14.5 Å². The van der Waals surface area contributed by atoms with Gasteiger partial charge in [-0.05, 0) is 6.92 Å². The Hall–Kier alpha value is -1.79. The number of amides is 1. The molecule has 20 heavy (non-hydrogen) atoms. The predicted molar refractivity (Wildman–Crippen MR) is 73.2 cm³/mol. The number of aromatic nitrogens is 2. The van der Waals surface area contributed by atoms with Gasteiger partial charge < -0.3 is 10.2 Å². The van der Waals surface area contributed by atoms with Gasteiger partial charge in [0.25, 0.3) is 12.3 Å². The van der Waals surface area contributed by atoms with Crippen LogP contribution < -0.4 is 5.32 Å². The summed E-state index contributed by atoms with van der Waals surface area (Å²) in [6.07, 6.45) is -1.05. The summed E-state index contributed by atoms with van der Waals surface area (Å²) in [6.45, 7) is 5.64. The second-order valence-electron chi connectivity index (χ2n) is 4.75. The molecule has 1 aromatic rings. The molecule has 5 nitrogen and oxygen atoms in total. The van der Waals surface area contributed by atoms with Crippen LogP contribution in [0, 0.1) is 0 Å². The first-order valence-corrected chi connectivity index (χ1v) is 6.51. The van der Waals surface area contributed by atoms with E-state index in [0.29, 0.717) is 18.1 Å². The van der Waals surface area contributed by atoms with Crippen molar-refractivity contribution in [3.05, 3.63) is 17.7 Å². The van der Waals surface area contributed by atoms with E-state index in [1.54, 1.807) is 0 Å². The van der Waals surface area contributed by atoms with Gasteiger partial charge in [0.1, 0.15) is 5.82 Å². The average molecular weight is 286 g/mol. The van der Waals surface area contributed by atoms with Gasteiger partial charge in [-0.25, -0.2) is 18.7 Å². The van der Waals surface area contributed by atoms with Crippen molar-refractivity contribution in [2.75, 3.05) is 25.5 Å². The molecule has 1 rings (SSSR count). The minimum Gasteiger partial charge on any atom is -0.382 e. The van der Waals surface area contributed by atoms with Gasteiger partial charge in [-0.1, -0.05) is 13.8 Å². The van der Waals surface area contributed by atoms with E-state index in [1.165, 1.54) is 13.2 Å². The molecule has 0 bridgehead atoms. The Bertz CT molecular complexity index is 466. The molecule has 1 heterocycles. The largest absolute Gasteiger partial charge is 0.382 e. The Morgan fingerprint density at radius 2 is 2.10 bits per heavy atom. The van der Waals surface area contributed by atoms with E-state index in [0.717, 1.165) is 4.90 Å². The van der Waals surface area contributed by atoms with E-state index >= 15 is 0 Å². The average Bonchev–Trinajstić information content (AvgIpc) is 2.37. The van der Waals surface area contributed by atoms with Crippen LogP contribution in [0.3, 0.4) is 0 Å². The van der Waals surface area contributed by atoms with Gasteiger partial charge in [0, 0.05) is 19.5 Å². The molecule has 1 N–H and O–H groups in total. The lowest BCUT2D eigenvalue weighted by molar-refractivity contribution is 0.0615. The summed E-state index contributed by atoms with van der Waals surface area (Å²) >= 11 is 0. The lowest BCUT2D eigenvalue weighted by Crippen LogP contribution is -2.32. The second kappa shape index (κ2) is 7.12. The lowest BCUT2D eigenvalue weighted by Gasteiger charge is -2.19. The van der Waals surface area contributed by atoms with Crippen molar-refractivity contribution in [3.8, 4) is 0 Å². The molecule has 0 atom stereocenters. The summed E-state index contributed by atoms with van der Waals surface area (Å²) in [5, 5.41) is 2.97. The van der Waals surface area contributed by atoms with E-state index in [1.807, 2.05) is 20.8 Å². The Morgan fingerprint density at radius 1 is 1.45 bits per heavy atom. The van der Waals surface area contributed by atoms with E-state index in [2.05, 4.69) is 15.3 Å². The van der Waals surface area contributed by atoms with Crippen LogP contribution in [0.15, 0.2) is 6.20 Å². The summed E-state index contributed by atoms with van der Waals surface area (Å²) in [5.74, 6) is 0.0311. The monoisotopic (exact) mass is 286 g/mol. The van der Waals surface area contributed by atoms with Crippen LogP contribution >= 0.6 is 0 Å². The molecule has 0 aliphatic heterocycles. The van der Waals surface area contributed by atoms with Gasteiger partial charge in [-0.2, -0.15) is 0 Å². The molecule has 0 aliphatic rings. The number of nitrogens with one attached hydrogen (secondary N) is 1. The SMILES string of the molecule is CCNc1cnc(C(C)C)nc1C(=O)N(C)CC(F)F. The summed E-state index contributed by atoms with van der Waals surface area (Å²) in [5.41, 5.74) is 0.594. The van der Waals surface area contributed by atoms with Gasteiger partial charge in [-0.3, -0.25) is 4.79 Å². The Kier molecular flexibility index (Phi) is 5.79. The van der Waals surface area contributed by atoms with Crippen molar-refractivity contribution < 1.29 is 13.6 Å². The fraction of sp³-hybridized carbons (Fsp3) is 0.615. The number of rotatable bonds is 6. The third-order valence-corrected chi connectivity index (χ3v) is 2.65. The maximum Gasteiger partial charge on any atom is 0.274 e. The summed E-state index contributed by atoms with van der Waals surface area (Å²) in [4.78, 5) is 21.6. The highest BCUT2D eigenvalue weighted by atomic mass is 19.3. The van der Waals surface area contributed by atoms with Crippen molar-refractivity contribution in [2.45, 2.75) is 33.1 Å². The zero-order chi connectivity index (χ0) is 15.3. The quantitative estimate of drug-likeness (QED) is 0.872. The fourth-order valence-corrected chi connectivity index (χ4v) is 1.63. The Balaban J connectivity index is 3.11. The molecule has 0 aromatic carbocycles. The molecule has 1 amide bonds. The summed E-state index contributed by atoms with van der Waals surface area (Å²) < 4.78 is 24.8. The number of carbonyl (C=O) groups excluding carboxylic acids is 1. The van der Waals surface area contributed by atoms with E-state index in [9.17, 15) is 13.6 Å². The molecule has 0 radical (unpaired) electrons. The number of hydrogen-bond acceptors (Lipinski definition) is 4. The number of hydrogen-bond donors (Lipinski definition) is 1. The number of carbonyl (C=O) groups is 1. The molecule has 112 valence electrons. The van der Waals surface area contributed by atoms with Crippen molar-refractivity contribution in [1.82, 2.24) is 14.9 Å². The van der Waals surface area contributed by atoms with Gasteiger partial charge in [0.15, 0.2) is 5.69 Å². The number of anilines is 1. The molecular formula is C13H20F2N4O. The molecule has 0 aliphatic carbocycles. The zero-order valence-electron chi connectivity index (χ0n) is 12.2. The van der Waals surface area contributed by atoms with Crippen LogP contribution in [0.5, 0.6) is 0 Å². The highest BCUT2D eigenvalue weighted by molar-refractivity contribution is 5.97. The number of nitrogens with zero attached hydrogens (tertiary/aromatic N) is 3. The Morgan fingerprint density at radius 3 is 2.60 bits per heavy atom. The fourth-order valence-electron chi connectivity index (χ4n) is 1.63. The second-order valence-corrected chi connectivity index (χ2v) is 4.75. The Labute approximate surface area is 117 Å². The smallest absolute Gasteiger partial charge is 0.274 e. The van der Waals surface area contributed by atoms with E-state index < -0.39 is 18.9 Å². The lowest BCUT2D eigenvalue weighted by atomic mass is 10.2. The first kappa shape index (κ1) is 16.3. The standard InChI is InChI=1S/C13H20F2N4O/c1-5-16-9-6-17-12(8(2)3)18-11(9)13(20)19(4)7-10(14)15/h6,8,10,16H,5,7H2,1-4H3. The molecule has 0 unspecified atom stereocenters. The molecule has 0 spiro atoms. The van der Waals surface area contributed by atoms with Crippen molar-refractivity contribution >= 4 is 11.6 Å². The molecular weight excluding hydrogens is 266 g/mol. The predicted octanol–water partition coefficient (Wildman–Crippen LogP) is 2.37. The van der Waals surface area contributed by atoms with Crippen molar-refractivity contribution in [1.29, 1.82) is 0 Å². The molecule has 0 fully saturated rings. The normalized spacial score (nSPS) is 11.0. The van der Waals surface area contributed by atoms with Crippen LogP contribution in [0.1, 0.15) is 43.0 Å². The van der Waals surface area contributed by atoms with Crippen LogP contribution in [-0.2, 0) is 0 Å².